The minimum absolute atomic E-state index is 0.227. The van der Waals surface area contributed by atoms with Crippen molar-refractivity contribution in [1.29, 1.82) is 0 Å². The van der Waals surface area contributed by atoms with Gasteiger partial charge in [0.15, 0.2) is 0 Å². The highest BCUT2D eigenvalue weighted by molar-refractivity contribution is 7.09. The van der Waals surface area contributed by atoms with Gasteiger partial charge >= 0.3 is 0 Å². The number of amides is 1. The predicted octanol–water partition coefficient (Wildman–Crippen LogP) is 2.21. The van der Waals surface area contributed by atoms with Gasteiger partial charge in [0.2, 0.25) is 0 Å². The summed E-state index contributed by atoms with van der Waals surface area (Å²) in [5.41, 5.74) is 0.443. The number of nitrogens with one attached hydrogen (secondary N) is 1. The Bertz CT molecular complexity index is 467. The summed E-state index contributed by atoms with van der Waals surface area (Å²) in [6, 6.07) is 5.43. The van der Waals surface area contributed by atoms with E-state index >= 15 is 0 Å². The average molecular weight is 236 g/mol. The zero-order chi connectivity index (χ0) is 11.4. The Hall–Kier alpha value is -1.75. The summed E-state index contributed by atoms with van der Waals surface area (Å²) in [4.78, 5) is 15.6. The number of hydrogen-bond donors (Lipinski definition) is 1. The van der Waals surface area contributed by atoms with Crippen molar-refractivity contribution < 1.29 is 9.18 Å². The summed E-state index contributed by atoms with van der Waals surface area (Å²) in [5, 5.41) is 5.40. The molecule has 1 N–H and O–H groups in total. The highest BCUT2D eigenvalue weighted by Gasteiger charge is 2.05. The van der Waals surface area contributed by atoms with Crippen LogP contribution in [-0.2, 0) is 6.54 Å². The van der Waals surface area contributed by atoms with Crippen LogP contribution in [0.25, 0.3) is 0 Å². The fourth-order valence-electron chi connectivity index (χ4n) is 1.20. The summed E-state index contributed by atoms with van der Waals surface area (Å²) in [5.74, 6) is -0.577. The van der Waals surface area contributed by atoms with Gasteiger partial charge < -0.3 is 5.32 Å². The van der Waals surface area contributed by atoms with Crippen LogP contribution in [0.5, 0.6) is 0 Å². The Morgan fingerprint density at radius 2 is 2.12 bits per heavy atom. The third-order valence-electron chi connectivity index (χ3n) is 1.99. The second-order valence-electron chi connectivity index (χ2n) is 3.12. The molecule has 2 rings (SSSR count). The molecule has 0 aliphatic heterocycles. The number of nitrogens with zero attached hydrogens (tertiary/aromatic N) is 1. The van der Waals surface area contributed by atoms with Crippen molar-refractivity contribution in [2.24, 2.45) is 0 Å². The molecule has 2 aromatic rings. The van der Waals surface area contributed by atoms with Crippen molar-refractivity contribution in [2.45, 2.75) is 6.54 Å². The largest absolute Gasteiger partial charge is 0.346 e. The third kappa shape index (κ3) is 2.64. The number of rotatable bonds is 3. The topological polar surface area (TPSA) is 42.0 Å². The highest BCUT2D eigenvalue weighted by atomic mass is 32.1. The maximum atomic E-state index is 12.6. The summed E-state index contributed by atoms with van der Waals surface area (Å²) in [7, 11) is 0. The van der Waals surface area contributed by atoms with E-state index in [1.165, 1.54) is 35.6 Å². The van der Waals surface area contributed by atoms with Crippen LogP contribution in [0, 0.1) is 5.82 Å². The van der Waals surface area contributed by atoms with Crippen molar-refractivity contribution in [3.8, 4) is 0 Å². The first-order valence-corrected chi connectivity index (χ1v) is 5.56. The van der Waals surface area contributed by atoms with Gasteiger partial charge in [0.25, 0.3) is 5.91 Å². The summed E-state index contributed by atoms with van der Waals surface area (Å²) in [6.45, 7) is 0.397. The third-order valence-corrected chi connectivity index (χ3v) is 2.77. The molecule has 0 atom stereocenters. The van der Waals surface area contributed by atoms with Crippen molar-refractivity contribution in [1.82, 2.24) is 10.3 Å². The Morgan fingerprint density at radius 1 is 1.38 bits per heavy atom. The lowest BCUT2D eigenvalue weighted by Crippen LogP contribution is -2.22. The van der Waals surface area contributed by atoms with E-state index in [0.717, 1.165) is 5.01 Å². The zero-order valence-corrected chi connectivity index (χ0v) is 9.13. The van der Waals surface area contributed by atoms with Crippen LogP contribution in [0.2, 0.25) is 0 Å². The molecule has 0 radical (unpaired) electrons. The Kier molecular flexibility index (Phi) is 3.26. The fourth-order valence-corrected chi connectivity index (χ4v) is 1.76. The lowest BCUT2D eigenvalue weighted by molar-refractivity contribution is 0.0951. The maximum Gasteiger partial charge on any atom is 0.251 e. The molecule has 0 fully saturated rings. The van der Waals surface area contributed by atoms with Crippen LogP contribution < -0.4 is 5.32 Å². The van der Waals surface area contributed by atoms with Gasteiger partial charge in [-0.05, 0) is 24.3 Å². The second-order valence-corrected chi connectivity index (χ2v) is 4.09. The first-order chi connectivity index (χ1) is 7.75. The molecule has 0 bridgehead atoms. The predicted molar refractivity (Wildman–Crippen MR) is 59.7 cm³/mol. The lowest BCUT2D eigenvalue weighted by atomic mass is 10.2. The van der Waals surface area contributed by atoms with E-state index in [2.05, 4.69) is 10.3 Å². The van der Waals surface area contributed by atoms with E-state index in [9.17, 15) is 9.18 Å². The van der Waals surface area contributed by atoms with Gasteiger partial charge in [0.05, 0.1) is 6.54 Å². The molecule has 0 aliphatic carbocycles. The lowest BCUT2D eigenvalue weighted by Gasteiger charge is -2.02. The molecule has 0 spiro atoms. The molecule has 3 nitrogen and oxygen atoms in total. The van der Waals surface area contributed by atoms with Gasteiger partial charge in [-0.3, -0.25) is 4.79 Å². The number of carbonyl (C=O) groups is 1. The van der Waals surface area contributed by atoms with Gasteiger partial charge in [-0.2, -0.15) is 0 Å². The van der Waals surface area contributed by atoms with Crippen LogP contribution in [0.15, 0.2) is 35.8 Å². The van der Waals surface area contributed by atoms with Crippen molar-refractivity contribution in [2.75, 3.05) is 0 Å². The van der Waals surface area contributed by atoms with Crippen molar-refractivity contribution in [3.05, 3.63) is 52.2 Å². The average Bonchev–Trinajstić information content (AvgIpc) is 2.80. The van der Waals surface area contributed by atoms with Crippen LogP contribution in [0.4, 0.5) is 4.39 Å². The molecular weight excluding hydrogens is 227 g/mol. The molecule has 16 heavy (non-hydrogen) atoms. The van der Waals surface area contributed by atoms with Crippen LogP contribution in [0.3, 0.4) is 0 Å². The van der Waals surface area contributed by atoms with Crippen LogP contribution >= 0.6 is 11.3 Å². The van der Waals surface area contributed by atoms with Gasteiger partial charge in [0, 0.05) is 17.1 Å². The van der Waals surface area contributed by atoms with Crippen LogP contribution in [-0.4, -0.2) is 10.9 Å². The summed E-state index contributed by atoms with van der Waals surface area (Å²) >= 11 is 1.48. The van der Waals surface area contributed by atoms with Crippen molar-refractivity contribution >= 4 is 17.2 Å². The number of aromatic nitrogens is 1. The fraction of sp³-hybridized carbons (Fsp3) is 0.0909. The van der Waals surface area contributed by atoms with E-state index in [1.54, 1.807) is 6.20 Å². The Morgan fingerprint density at radius 3 is 2.75 bits per heavy atom. The standard InChI is InChI=1S/C11H9FN2OS/c12-9-3-1-8(2-4-9)11(15)14-7-10-13-5-6-16-10/h1-6H,7H2,(H,14,15). The smallest absolute Gasteiger partial charge is 0.251 e. The number of hydrogen-bond acceptors (Lipinski definition) is 3. The molecule has 1 amide bonds. The molecule has 1 aromatic carbocycles. The molecule has 0 unspecified atom stereocenters. The maximum absolute atomic E-state index is 12.6. The quantitative estimate of drug-likeness (QED) is 0.887. The summed E-state index contributed by atoms with van der Waals surface area (Å²) < 4.78 is 12.6. The first kappa shape index (κ1) is 10.8. The number of carbonyl (C=O) groups excluding carboxylic acids is 1. The molecule has 0 saturated heterocycles. The molecule has 5 heteroatoms. The second kappa shape index (κ2) is 4.85. The normalized spacial score (nSPS) is 10.1. The van der Waals surface area contributed by atoms with Crippen LogP contribution in [0.1, 0.15) is 15.4 Å². The highest BCUT2D eigenvalue weighted by Crippen LogP contribution is 2.05. The number of benzene rings is 1. The molecule has 82 valence electrons. The minimum atomic E-state index is -0.350. The molecule has 0 aliphatic rings. The molecular formula is C11H9FN2OS. The zero-order valence-electron chi connectivity index (χ0n) is 8.31. The van der Waals surface area contributed by atoms with E-state index in [0.29, 0.717) is 12.1 Å². The van der Waals surface area contributed by atoms with E-state index in [4.69, 9.17) is 0 Å². The number of thiazole rings is 1. The minimum Gasteiger partial charge on any atom is -0.346 e. The molecule has 0 saturated carbocycles. The van der Waals surface area contributed by atoms with Crippen molar-refractivity contribution in [3.63, 3.8) is 0 Å². The van der Waals surface area contributed by atoms with Gasteiger partial charge in [-0.15, -0.1) is 11.3 Å². The monoisotopic (exact) mass is 236 g/mol. The molecule has 1 heterocycles. The van der Waals surface area contributed by atoms with E-state index in [1.807, 2.05) is 5.38 Å². The first-order valence-electron chi connectivity index (χ1n) is 4.68. The van der Waals surface area contributed by atoms with Gasteiger partial charge in [-0.1, -0.05) is 0 Å². The Labute approximate surface area is 96.0 Å². The summed E-state index contributed by atoms with van der Waals surface area (Å²) in [6.07, 6.45) is 1.68. The Balaban J connectivity index is 1.95. The van der Waals surface area contributed by atoms with Gasteiger partial charge in [0.1, 0.15) is 10.8 Å². The SMILES string of the molecule is O=C(NCc1nccs1)c1ccc(F)cc1. The number of halogens is 1. The molecule has 1 aromatic heterocycles. The van der Waals surface area contributed by atoms with E-state index < -0.39 is 0 Å². The van der Waals surface area contributed by atoms with Gasteiger partial charge in [-0.25, -0.2) is 9.37 Å². The van der Waals surface area contributed by atoms with E-state index in [-0.39, 0.29) is 11.7 Å².